The summed E-state index contributed by atoms with van der Waals surface area (Å²) in [6, 6.07) is 11.9. The number of nitrogens with zero attached hydrogens (tertiary/aromatic N) is 2. The third-order valence-electron chi connectivity index (χ3n) is 3.36. The van der Waals surface area contributed by atoms with Gasteiger partial charge >= 0.3 is 0 Å². The molecular formula is C15H17N3O. The molecule has 0 saturated heterocycles. The van der Waals surface area contributed by atoms with Crippen LogP contribution in [0.1, 0.15) is 24.4 Å². The van der Waals surface area contributed by atoms with Crippen LogP contribution in [0, 0.1) is 0 Å². The van der Waals surface area contributed by atoms with E-state index in [1.165, 1.54) is 5.39 Å². The first-order chi connectivity index (χ1) is 9.29. The van der Waals surface area contributed by atoms with Gasteiger partial charge in [0.25, 0.3) is 0 Å². The summed E-state index contributed by atoms with van der Waals surface area (Å²) in [7, 11) is 0. The Morgan fingerprint density at radius 2 is 2.11 bits per heavy atom. The van der Waals surface area contributed by atoms with E-state index < -0.39 is 0 Å². The third kappa shape index (κ3) is 2.15. The second-order valence-corrected chi connectivity index (χ2v) is 4.61. The minimum atomic E-state index is -0.154. The van der Waals surface area contributed by atoms with Crippen molar-refractivity contribution >= 4 is 10.9 Å². The molecule has 0 fully saturated rings. The predicted molar refractivity (Wildman–Crippen MR) is 74.7 cm³/mol. The normalized spacial score (nSPS) is 12.9. The molecule has 3 rings (SSSR count). The second kappa shape index (κ2) is 4.90. The van der Waals surface area contributed by atoms with Gasteiger partial charge in [0.15, 0.2) is 0 Å². The second-order valence-electron chi connectivity index (χ2n) is 4.61. The highest BCUT2D eigenvalue weighted by molar-refractivity contribution is 5.82. The molecule has 98 valence electrons. The zero-order chi connectivity index (χ0) is 13.2. The number of hydrogen-bond donors (Lipinski definition) is 1. The maximum atomic E-state index is 6.17. The van der Waals surface area contributed by atoms with Gasteiger partial charge < -0.3 is 10.2 Å². The Balaban J connectivity index is 1.97. The molecule has 4 nitrogen and oxygen atoms in total. The van der Waals surface area contributed by atoms with Crippen molar-refractivity contribution in [2.45, 2.75) is 25.9 Å². The summed E-state index contributed by atoms with van der Waals surface area (Å²) in [5.41, 5.74) is 8.36. The monoisotopic (exact) mass is 255 g/mol. The lowest BCUT2D eigenvalue weighted by Crippen LogP contribution is -2.13. The molecular weight excluding hydrogens is 238 g/mol. The summed E-state index contributed by atoms with van der Waals surface area (Å²) in [6.07, 6.45) is 2.33. The van der Waals surface area contributed by atoms with Crippen LogP contribution in [-0.2, 0) is 13.0 Å². The zero-order valence-electron chi connectivity index (χ0n) is 10.9. The molecule has 0 amide bonds. The lowest BCUT2D eigenvalue weighted by molar-refractivity contribution is 0.462. The number of aryl methyl sites for hydroxylation is 1. The van der Waals surface area contributed by atoms with Crippen molar-refractivity contribution in [1.82, 2.24) is 9.78 Å². The van der Waals surface area contributed by atoms with E-state index in [4.69, 9.17) is 10.2 Å². The summed E-state index contributed by atoms with van der Waals surface area (Å²) in [6.45, 7) is 2.95. The fourth-order valence-electron chi connectivity index (χ4n) is 2.40. The van der Waals surface area contributed by atoms with Gasteiger partial charge in [0.2, 0.25) is 0 Å². The standard InChI is InChI=1S/C15H17N3O/c1-2-18-14-7-4-3-6-11(14)13(17-18)10-12(16)15-8-5-9-19-15/h3-9,12H,2,10,16H2,1H3. The van der Waals surface area contributed by atoms with E-state index in [2.05, 4.69) is 24.2 Å². The fourth-order valence-corrected chi connectivity index (χ4v) is 2.40. The van der Waals surface area contributed by atoms with Gasteiger partial charge in [-0.3, -0.25) is 4.68 Å². The minimum Gasteiger partial charge on any atom is -0.468 e. The lowest BCUT2D eigenvalue weighted by atomic mass is 10.1. The topological polar surface area (TPSA) is 57.0 Å². The van der Waals surface area contributed by atoms with Gasteiger partial charge in [0.05, 0.1) is 23.5 Å². The SMILES string of the molecule is CCn1nc(CC(N)c2ccco2)c2ccccc21. The number of furan rings is 1. The Kier molecular flexibility index (Phi) is 3.09. The van der Waals surface area contributed by atoms with Crippen LogP contribution in [0.3, 0.4) is 0 Å². The van der Waals surface area contributed by atoms with Crippen molar-refractivity contribution in [3.05, 3.63) is 54.1 Å². The van der Waals surface area contributed by atoms with E-state index in [1.54, 1.807) is 6.26 Å². The average molecular weight is 255 g/mol. The lowest BCUT2D eigenvalue weighted by Gasteiger charge is -2.06. The molecule has 1 atom stereocenters. The first-order valence-electron chi connectivity index (χ1n) is 6.53. The van der Waals surface area contributed by atoms with E-state index in [1.807, 2.05) is 28.9 Å². The van der Waals surface area contributed by atoms with Crippen molar-refractivity contribution in [3.63, 3.8) is 0 Å². The van der Waals surface area contributed by atoms with Gasteiger partial charge in [-0.05, 0) is 25.1 Å². The molecule has 2 aromatic heterocycles. The molecule has 4 heteroatoms. The van der Waals surface area contributed by atoms with Crippen LogP contribution >= 0.6 is 0 Å². The molecule has 1 aromatic carbocycles. The summed E-state index contributed by atoms with van der Waals surface area (Å²) in [5.74, 6) is 0.801. The summed E-state index contributed by atoms with van der Waals surface area (Å²) >= 11 is 0. The molecule has 19 heavy (non-hydrogen) atoms. The number of benzene rings is 1. The molecule has 0 aliphatic carbocycles. The van der Waals surface area contributed by atoms with Crippen molar-refractivity contribution in [3.8, 4) is 0 Å². The Morgan fingerprint density at radius 1 is 1.26 bits per heavy atom. The highest BCUT2D eigenvalue weighted by Crippen LogP contribution is 2.23. The minimum absolute atomic E-state index is 0.154. The number of nitrogens with two attached hydrogens (primary N) is 1. The van der Waals surface area contributed by atoms with E-state index >= 15 is 0 Å². The summed E-state index contributed by atoms with van der Waals surface area (Å²) in [4.78, 5) is 0. The molecule has 0 saturated carbocycles. The summed E-state index contributed by atoms with van der Waals surface area (Å²) in [5, 5.41) is 5.83. The third-order valence-corrected chi connectivity index (χ3v) is 3.36. The summed E-state index contributed by atoms with van der Waals surface area (Å²) < 4.78 is 7.37. The number of rotatable bonds is 4. The van der Waals surface area contributed by atoms with Gasteiger partial charge in [-0.25, -0.2) is 0 Å². The average Bonchev–Trinajstić information content (AvgIpc) is 3.07. The largest absolute Gasteiger partial charge is 0.468 e. The predicted octanol–water partition coefficient (Wildman–Crippen LogP) is 2.89. The van der Waals surface area contributed by atoms with Gasteiger partial charge in [-0.15, -0.1) is 0 Å². The van der Waals surface area contributed by atoms with Gasteiger partial charge in [0.1, 0.15) is 5.76 Å². The molecule has 0 radical (unpaired) electrons. The van der Waals surface area contributed by atoms with Crippen molar-refractivity contribution in [2.24, 2.45) is 5.73 Å². The van der Waals surface area contributed by atoms with Crippen molar-refractivity contribution in [2.75, 3.05) is 0 Å². The number of para-hydroxylation sites is 1. The van der Waals surface area contributed by atoms with E-state index in [-0.39, 0.29) is 6.04 Å². The maximum absolute atomic E-state index is 6.17. The molecule has 2 N–H and O–H groups in total. The fraction of sp³-hybridized carbons (Fsp3) is 0.267. The Morgan fingerprint density at radius 3 is 2.84 bits per heavy atom. The molecule has 0 aliphatic rings. The number of fused-ring (bicyclic) bond motifs is 1. The Bertz CT molecular complexity index is 670. The van der Waals surface area contributed by atoms with Crippen molar-refractivity contribution < 1.29 is 4.42 Å². The van der Waals surface area contributed by atoms with Crippen molar-refractivity contribution in [1.29, 1.82) is 0 Å². The quantitative estimate of drug-likeness (QED) is 0.779. The first-order valence-corrected chi connectivity index (χ1v) is 6.53. The highest BCUT2D eigenvalue weighted by Gasteiger charge is 2.15. The molecule has 3 aromatic rings. The van der Waals surface area contributed by atoms with Crippen LogP contribution in [0.2, 0.25) is 0 Å². The molecule has 1 unspecified atom stereocenters. The molecule has 0 spiro atoms. The molecule has 0 aliphatic heterocycles. The van der Waals surface area contributed by atoms with Gasteiger partial charge in [-0.1, -0.05) is 18.2 Å². The van der Waals surface area contributed by atoms with Crippen LogP contribution in [0.4, 0.5) is 0 Å². The van der Waals surface area contributed by atoms with Crippen LogP contribution < -0.4 is 5.73 Å². The number of aromatic nitrogens is 2. The van der Waals surface area contributed by atoms with E-state index in [9.17, 15) is 0 Å². The molecule has 2 heterocycles. The van der Waals surface area contributed by atoms with Crippen LogP contribution in [0.25, 0.3) is 10.9 Å². The highest BCUT2D eigenvalue weighted by atomic mass is 16.3. The van der Waals surface area contributed by atoms with Gasteiger partial charge in [-0.2, -0.15) is 5.10 Å². The maximum Gasteiger partial charge on any atom is 0.120 e. The zero-order valence-corrected chi connectivity index (χ0v) is 10.9. The van der Waals surface area contributed by atoms with E-state index in [0.29, 0.717) is 6.42 Å². The van der Waals surface area contributed by atoms with Crippen LogP contribution in [-0.4, -0.2) is 9.78 Å². The first kappa shape index (κ1) is 12.0. The Hall–Kier alpha value is -2.07. The van der Waals surface area contributed by atoms with E-state index in [0.717, 1.165) is 23.5 Å². The number of hydrogen-bond acceptors (Lipinski definition) is 3. The smallest absolute Gasteiger partial charge is 0.120 e. The van der Waals surface area contributed by atoms with Crippen LogP contribution in [0.5, 0.6) is 0 Å². The molecule has 0 bridgehead atoms. The van der Waals surface area contributed by atoms with Crippen LogP contribution in [0.15, 0.2) is 47.1 Å². The Labute approximate surface area is 111 Å². The van der Waals surface area contributed by atoms with Gasteiger partial charge in [0, 0.05) is 18.4 Å².